The predicted molar refractivity (Wildman–Crippen MR) is 123 cm³/mol. The van der Waals surface area contributed by atoms with Gasteiger partial charge in [0.15, 0.2) is 0 Å². The molecule has 0 amide bonds. The summed E-state index contributed by atoms with van der Waals surface area (Å²) in [5.74, 6) is -0.780. The van der Waals surface area contributed by atoms with E-state index in [4.69, 9.17) is 0 Å². The summed E-state index contributed by atoms with van der Waals surface area (Å²) in [5, 5.41) is 0. The molecule has 1 fully saturated rings. The van der Waals surface area contributed by atoms with Crippen molar-refractivity contribution in [1.29, 1.82) is 0 Å². The Balaban J connectivity index is 2.20. The summed E-state index contributed by atoms with van der Waals surface area (Å²) in [6, 6.07) is 14.1. The molecule has 1 saturated carbocycles. The van der Waals surface area contributed by atoms with Crippen LogP contribution in [0, 0.1) is 13.8 Å². The molecule has 0 saturated heterocycles. The van der Waals surface area contributed by atoms with Crippen molar-refractivity contribution in [2.45, 2.75) is 64.2 Å². The molecule has 0 aromatic heterocycles. The van der Waals surface area contributed by atoms with Crippen molar-refractivity contribution >= 4 is 0 Å². The molecule has 0 radical (unpaired) electrons. The normalized spacial score (nSPS) is 15.5. The van der Waals surface area contributed by atoms with Crippen LogP contribution in [-0.2, 0) is 12.4 Å². The highest BCUT2D eigenvalue weighted by molar-refractivity contribution is 5.88. The maximum absolute atomic E-state index is 14.8. The Morgan fingerprint density at radius 2 is 1.26 bits per heavy atom. The van der Waals surface area contributed by atoms with Crippen molar-refractivity contribution in [2.75, 3.05) is 0 Å². The molecule has 0 unspecified atom stereocenters. The lowest BCUT2D eigenvalue weighted by Gasteiger charge is -2.31. The number of rotatable bonds is 3. The van der Waals surface area contributed by atoms with E-state index in [0.717, 1.165) is 23.6 Å². The second kappa shape index (κ2) is 9.12. The van der Waals surface area contributed by atoms with Crippen LogP contribution in [0.25, 0.3) is 22.3 Å². The van der Waals surface area contributed by atoms with Gasteiger partial charge >= 0.3 is 12.4 Å². The van der Waals surface area contributed by atoms with Gasteiger partial charge in [0.2, 0.25) is 0 Å². The molecule has 1 aliphatic carbocycles. The Labute approximate surface area is 195 Å². The van der Waals surface area contributed by atoms with E-state index >= 15 is 0 Å². The molecule has 0 N–H and O–H groups in total. The fourth-order valence-corrected chi connectivity index (χ4v) is 5.31. The number of aryl methyl sites for hydroxylation is 2. The third-order valence-corrected chi connectivity index (χ3v) is 6.56. The van der Waals surface area contributed by atoms with E-state index in [-0.39, 0.29) is 16.7 Å². The van der Waals surface area contributed by atoms with E-state index < -0.39 is 35.0 Å². The highest BCUT2D eigenvalue weighted by Crippen LogP contribution is 2.53. The number of benzene rings is 3. The van der Waals surface area contributed by atoms with Crippen LogP contribution in [-0.4, -0.2) is 0 Å². The summed E-state index contributed by atoms with van der Waals surface area (Å²) in [7, 11) is 0. The quantitative estimate of drug-likeness (QED) is 0.330. The zero-order valence-electron chi connectivity index (χ0n) is 19.1. The molecule has 0 atom stereocenters. The Morgan fingerprint density at radius 3 is 1.79 bits per heavy atom. The first-order valence-electron chi connectivity index (χ1n) is 11.5. The third-order valence-electron chi connectivity index (χ3n) is 6.56. The van der Waals surface area contributed by atoms with Crippen LogP contribution in [0.3, 0.4) is 0 Å². The Kier molecular flexibility index (Phi) is 6.54. The van der Waals surface area contributed by atoms with Crippen molar-refractivity contribution < 1.29 is 26.3 Å². The summed E-state index contributed by atoms with van der Waals surface area (Å²) in [4.78, 5) is 0. The van der Waals surface area contributed by atoms with Gasteiger partial charge in [-0.2, -0.15) is 26.3 Å². The molecule has 0 spiro atoms. The lowest BCUT2D eigenvalue weighted by molar-refractivity contribution is -0.144. The number of hydrogen-bond acceptors (Lipinski definition) is 0. The Morgan fingerprint density at radius 1 is 0.676 bits per heavy atom. The average molecular weight is 477 g/mol. The van der Waals surface area contributed by atoms with Crippen LogP contribution < -0.4 is 0 Å². The summed E-state index contributed by atoms with van der Waals surface area (Å²) >= 11 is 0. The first-order valence-corrected chi connectivity index (χ1v) is 11.5. The minimum absolute atomic E-state index is 0.0443. The van der Waals surface area contributed by atoms with Gasteiger partial charge < -0.3 is 0 Å². The Hall–Kier alpha value is -2.76. The number of halogens is 6. The predicted octanol–water partition coefficient (Wildman–Crippen LogP) is 9.72. The molecule has 0 nitrogen and oxygen atoms in total. The molecule has 180 valence electrons. The fourth-order valence-electron chi connectivity index (χ4n) is 5.31. The van der Waals surface area contributed by atoms with E-state index in [9.17, 15) is 26.3 Å². The van der Waals surface area contributed by atoms with Gasteiger partial charge in [-0.15, -0.1) is 0 Å². The van der Waals surface area contributed by atoms with E-state index in [1.807, 2.05) is 6.07 Å². The first-order chi connectivity index (χ1) is 16.0. The molecular weight excluding hydrogens is 450 g/mol. The highest BCUT2D eigenvalue weighted by atomic mass is 19.4. The van der Waals surface area contributed by atoms with Crippen LogP contribution in [0.2, 0.25) is 0 Å². The zero-order valence-corrected chi connectivity index (χ0v) is 19.1. The van der Waals surface area contributed by atoms with Crippen molar-refractivity contribution in [2.24, 2.45) is 0 Å². The molecule has 0 bridgehead atoms. The van der Waals surface area contributed by atoms with Gasteiger partial charge in [0.05, 0.1) is 11.1 Å². The molecule has 4 rings (SSSR count). The fraction of sp³-hybridized carbons (Fsp3) is 0.357. The van der Waals surface area contributed by atoms with Gasteiger partial charge in [-0.1, -0.05) is 78.9 Å². The maximum Gasteiger partial charge on any atom is 0.417 e. The van der Waals surface area contributed by atoms with Gasteiger partial charge in [0.25, 0.3) is 0 Å². The van der Waals surface area contributed by atoms with E-state index in [2.05, 4.69) is 0 Å². The van der Waals surface area contributed by atoms with E-state index in [1.54, 1.807) is 44.2 Å². The van der Waals surface area contributed by atoms with Crippen molar-refractivity contribution in [3.05, 3.63) is 82.4 Å². The maximum atomic E-state index is 14.8. The van der Waals surface area contributed by atoms with Crippen LogP contribution >= 0.6 is 0 Å². The minimum atomic E-state index is -4.95. The molecule has 6 heteroatoms. The average Bonchev–Trinajstić information content (AvgIpc) is 2.77. The largest absolute Gasteiger partial charge is 0.417 e. The van der Waals surface area contributed by atoms with Crippen LogP contribution in [0.5, 0.6) is 0 Å². The van der Waals surface area contributed by atoms with Gasteiger partial charge in [0.1, 0.15) is 0 Å². The molecule has 1 aliphatic rings. The molecule has 3 aromatic carbocycles. The number of alkyl halides is 6. The van der Waals surface area contributed by atoms with Crippen molar-refractivity contribution in [1.82, 2.24) is 0 Å². The lowest BCUT2D eigenvalue weighted by Crippen LogP contribution is -2.22. The Bertz CT molecular complexity index is 1150. The summed E-state index contributed by atoms with van der Waals surface area (Å²) in [6.45, 7) is 3.56. The third kappa shape index (κ3) is 4.86. The van der Waals surface area contributed by atoms with Crippen LogP contribution in [0.4, 0.5) is 26.3 Å². The van der Waals surface area contributed by atoms with Crippen molar-refractivity contribution in [3.63, 3.8) is 0 Å². The summed E-state index contributed by atoms with van der Waals surface area (Å²) < 4.78 is 87.6. The van der Waals surface area contributed by atoms with E-state index in [1.165, 1.54) is 12.1 Å². The molecule has 3 aromatic rings. The molecular formula is C28H26F6. The zero-order chi connectivity index (χ0) is 24.7. The first kappa shape index (κ1) is 24.4. The van der Waals surface area contributed by atoms with E-state index in [0.29, 0.717) is 31.2 Å². The van der Waals surface area contributed by atoms with Crippen LogP contribution in [0.1, 0.15) is 65.8 Å². The SMILES string of the molecule is Cc1cc(C)cc(-c2cc(C(F)(F)F)c(C3CCCCC3)c(C(F)(F)F)c2-c2ccccc2)c1. The highest BCUT2D eigenvalue weighted by Gasteiger charge is 2.46. The molecule has 0 aliphatic heterocycles. The monoisotopic (exact) mass is 476 g/mol. The smallest absolute Gasteiger partial charge is 0.166 e. The topological polar surface area (TPSA) is 0 Å². The summed E-state index contributed by atoms with van der Waals surface area (Å²) in [6.07, 6.45) is -7.14. The standard InChI is InChI=1S/C28H26F6/c1-17-13-18(2)15-21(14-17)22-16-23(27(29,30)31)25(20-11-7-4-8-12-20)26(28(32,33)34)24(22)19-9-5-3-6-10-19/h3,5-6,9-10,13-16,20H,4,7-8,11-12H2,1-2H3. The second-order valence-corrected chi connectivity index (χ2v) is 9.21. The number of hydrogen-bond donors (Lipinski definition) is 0. The van der Waals surface area contributed by atoms with Gasteiger partial charge in [-0.3, -0.25) is 0 Å². The van der Waals surface area contributed by atoms with Crippen molar-refractivity contribution in [3.8, 4) is 22.3 Å². The minimum Gasteiger partial charge on any atom is -0.166 e. The van der Waals surface area contributed by atoms with Gasteiger partial charge in [-0.25, -0.2) is 0 Å². The van der Waals surface area contributed by atoms with Gasteiger partial charge in [-0.05, 0) is 60.9 Å². The second-order valence-electron chi connectivity index (χ2n) is 9.21. The van der Waals surface area contributed by atoms with Gasteiger partial charge in [0, 0.05) is 5.56 Å². The summed E-state index contributed by atoms with van der Waals surface area (Å²) in [5.41, 5.74) is -0.969. The lowest BCUT2D eigenvalue weighted by atomic mass is 9.75. The molecule has 34 heavy (non-hydrogen) atoms. The van der Waals surface area contributed by atoms with Crippen LogP contribution in [0.15, 0.2) is 54.6 Å². The molecule has 0 heterocycles.